The van der Waals surface area contributed by atoms with Gasteiger partial charge in [-0.3, -0.25) is 4.99 Å². The maximum Gasteiger partial charge on any atom is 0.191 e. The van der Waals surface area contributed by atoms with Crippen molar-refractivity contribution in [2.24, 2.45) is 10.9 Å². The molecule has 0 radical (unpaired) electrons. The summed E-state index contributed by atoms with van der Waals surface area (Å²) in [6.07, 6.45) is 4.12. The van der Waals surface area contributed by atoms with Crippen LogP contribution in [0.1, 0.15) is 43.2 Å². The zero-order valence-corrected chi connectivity index (χ0v) is 17.6. The zero-order chi connectivity index (χ0) is 19.9. The number of benzene rings is 2. The van der Waals surface area contributed by atoms with Crippen molar-refractivity contribution in [1.29, 1.82) is 0 Å². The summed E-state index contributed by atoms with van der Waals surface area (Å²) in [6, 6.07) is 22.3. The molecule has 2 fully saturated rings. The highest BCUT2D eigenvalue weighted by Crippen LogP contribution is 2.31. The average Bonchev–Trinajstić information content (AvgIpc) is 3.51. The largest absolute Gasteiger partial charge is 0.357 e. The summed E-state index contributed by atoms with van der Waals surface area (Å²) in [6.45, 7) is 7.28. The molecule has 1 aliphatic heterocycles. The predicted molar refractivity (Wildman–Crippen MR) is 121 cm³/mol. The molecule has 2 aromatic carbocycles. The van der Waals surface area contributed by atoms with Gasteiger partial charge in [0.15, 0.2) is 5.96 Å². The quantitative estimate of drug-likeness (QED) is 0.531. The maximum absolute atomic E-state index is 4.97. The Bertz CT molecular complexity index is 730. The van der Waals surface area contributed by atoms with Gasteiger partial charge in [-0.05, 0) is 49.8 Å². The van der Waals surface area contributed by atoms with E-state index in [0.29, 0.717) is 0 Å². The minimum Gasteiger partial charge on any atom is -0.357 e. The van der Waals surface area contributed by atoms with Crippen molar-refractivity contribution >= 4 is 5.96 Å². The van der Waals surface area contributed by atoms with E-state index >= 15 is 0 Å². The lowest BCUT2D eigenvalue weighted by Gasteiger charge is -2.19. The molecule has 0 aromatic heterocycles. The smallest absolute Gasteiger partial charge is 0.191 e. The number of hydrogen-bond donors (Lipinski definition) is 2. The number of guanidine groups is 1. The van der Waals surface area contributed by atoms with Crippen LogP contribution in [0.2, 0.25) is 0 Å². The lowest BCUT2D eigenvalue weighted by Crippen LogP contribution is -2.40. The molecule has 2 N–H and O–H groups in total. The predicted octanol–water partition coefficient (Wildman–Crippen LogP) is 3.86. The van der Waals surface area contributed by atoms with E-state index in [1.54, 1.807) is 0 Å². The fourth-order valence-electron chi connectivity index (χ4n) is 4.34. The summed E-state index contributed by atoms with van der Waals surface area (Å²) >= 11 is 0. The average molecular weight is 391 g/mol. The third-order valence-electron chi connectivity index (χ3n) is 6.12. The van der Waals surface area contributed by atoms with Crippen LogP contribution in [0, 0.1) is 5.92 Å². The fraction of sp³-hybridized carbons (Fsp3) is 0.480. The molecule has 29 heavy (non-hydrogen) atoms. The molecule has 1 aliphatic carbocycles. The Morgan fingerprint density at radius 2 is 1.62 bits per heavy atom. The van der Waals surface area contributed by atoms with Crippen molar-refractivity contribution in [3.63, 3.8) is 0 Å². The van der Waals surface area contributed by atoms with Crippen LogP contribution in [-0.4, -0.2) is 49.6 Å². The van der Waals surface area contributed by atoms with Crippen LogP contribution >= 0.6 is 0 Å². The van der Waals surface area contributed by atoms with Gasteiger partial charge in [-0.1, -0.05) is 60.7 Å². The number of rotatable bonds is 8. The highest BCUT2D eigenvalue weighted by atomic mass is 15.2. The third-order valence-corrected chi connectivity index (χ3v) is 6.12. The van der Waals surface area contributed by atoms with Crippen LogP contribution < -0.4 is 10.6 Å². The fourth-order valence-corrected chi connectivity index (χ4v) is 4.34. The Labute approximate surface area is 175 Å². The Morgan fingerprint density at radius 1 is 0.966 bits per heavy atom. The van der Waals surface area contributed by atoms with Gasteiger partial charge >= 0.3 is 0 Å². The molecule has 4 nitrogen and oxygen atoms in total. The molecule has 0 amide bonds. The van der Waals surface area contributed by atoms with Crippen LogP contribution in [0.25, 0.3) is 0 Å². The standard InChI is InChI=1S/C25H34N4/c1-2-26-25(27-17-20-15-16-29(19-20)23-13-14-23)28-18-24(21-9-5-3-6-10-21)22-11-7-4-8-12-22/h3-12,20,23-24H,2,13-19H2,1H3,(H2,26,27,28). The number of nitrogens with one attached hydrogen (secondary N) is 2. The van der Waals surface area contributed by atoms with Gasteiger partial charge in [-0.25, -0.2) is 0 Å². The first kappa shape index (κ1) is 20.0. The van der Waals surface area contributed by atoms with Crippen LogP contribution in [0.15, 0.2) is 65.7 Å². The second-order valence-corrected chi connectivity index (χ2v) is 8.36. The van der Waals surface area contributed by atoms with Gasteiger partial charge < -0.3 is 15.5 Å². The second kappa shape index (κ2) is 9.93. The number of aliphatic imine (C=N–C) groups is 1. The summed E-state index contributed by atoms with van der Waals surface area (Å²) in [5.74, 6) is 1.94. The van der Waals surface area contributed by atoms with Crippen molar-refractivity contribution in [2.75, 3.05) is 32.7 Å². The highest BCUT2D eigenvalue weighted by Gasteiger charge is 2.34. The van der Waals surface area contributed by atoms with Crippen molar-refractivity contribution in [1.82, 2.24) is 15.5 Å². The molecule has 2 aromatic rings. The molecule has 4 rings (SSSR count). The lowest BCUT2D eigenvalue weighted by molar-refractivity contribution is 0.314. The van der Waals surface area contributed by atoms with E-state index in [0.717, 1.165) is 37.6 Å². The van der Waals surface area contributed by atoms with E-state index in [4.69, 9.17) is 4.99 Å². The topological polar surface area (TPSA) is 39.7 Å². The molecule has 2 aliphatic rings. The molecule has 0 spiro atoms. The molecule has 154 valence electrons. The van der Waals surface area contributed by atoms with Gasteiger partial charge in [0.05, 0.1) is 6.54 Å². The van der Waals surface area contributed by atoms with Crippen molar-refractivity contribution in [2.45, 2.75) is 38.1 Å². The summed E-state index contributed by atoms with van der Waals surface area (Å²) in [5.41, 5.74) is 2.63. The van der Waals surface area contributed by atoms with Gasteiger partial charge in [-0.2, -0.15) is 0 Å². The summed E-state index contributed by atoms with van der Waals surface area (Å²) in [4.78, 5) is 7.65. The number of nitrogens with zero attached hydrogens (tertiary/aromatic N) is 2. The summed E-state index contributed by atoms with van der Waals surface area (Å²) in [5, 5.41) is 7.05. The summed E-state index contributed by atoms with van der Waals surface area (Å²) in [7, 11) is 0. The molecular formula is C25H34N4. The minimum atomic E-state index is 0.268. The SMILES string of the molecule is CCNC(=NCC(c1ccccc1)c1ccccc1)NCC1CCN(C2CC2)C1. The highest BCUT2D eigenvalue weighted by molar-refractivity contribution is 5.79. The molecule has 1 saturated heterocycles. The second-order valence-electron chi connectivity index (χ2n) is 8.36. The first-order chi connectivity index (χ1) is 14.3. The molecule has 4 heteroatoms. The normalized spacial score (nSPS) is 20.2. The molecule has 1 unspecified atom stereocenters. The van der Waals surface area contributed by atoms with Gasteiger partial charge in [0.2, 0.25) is 0 Å². The van der Waals surface area contributed by atoms with Crippen molar-refractivity contribution in [3.05, 3.63) is 71.8 Å². The summed E-state index contributed by atoms with van der Waals surface area (Å²) < 4.78 is 0. The van der Waals surface area contributed by atoms with Crippen LogP contribution in [0.3, 0.4) is 0 Å². The molecule has 1 saturated carbocycles. The molecule has 1 atom stereocenters. The van der Waals surface area contributed by atoms with Crippen molar-refractivity contribution in [3.8, 4) is 0 Å². The Morgan fingerprint density at radius 3 is 2.21 bits per heavy atom. The van der Waals surface area contributed by atoms with E-state index < -0.39 is 0 Å². The van der Waals surface area contributed by atoms with E-state index in [1.165, 1.54) is 43.5 Å². The molecular weight excluding hydrogens is 356 g/mol. The third kappa shape index (κ3) is 5.60. The minimum absolute atomic E-state index is 0.268. The van der Waals surface area contributed by atoms with E-state index in [1.807, 2.05) is 0 Å². The Hall–Kier alpha value is -2.33. The van der Waals surface area contributed by atoms with Gasteiger partial charge in [0.1, 0.15) is 0 Å². The van der Waals surface area contributed by atoms with Gasteiger partial charge in [-0.15, -0.1) is 0 Å². The number of hydrogen-bond acceptors (Lipinski definition) is 2. The maximum atomic E-state index is 4.97. The van der Waals surface area contributed by atoms with Gasteiger partial charge in [0, 0.05) is 31.6 Å². The van der Waals surface area contributed by atoms with Crippen LogP contribution in [0.5, 0.6) is 0 Å². The number of likely N-dealkylation sites (tertiary alicyclic amines) is 1. The van der Waals surface area contributed by atoms with Crippen LogP contribution in [0.4, 0.5) is 0 Å². The zero-order valence-electron chi connectivity index (χ0n) is 17.6. The first-order valence-corrected chi connectivity index (χ1v) is 11.2. The van der Waals surface area contributed by atoms with E-state index in [2.05, 4.69) is 83.1 Å². The molecule has 1 heterocycles. The lowest BCUT2D eigenvalue weighted by atomic mass is 9.91. The Balaban J connectivity index is 1.40. The van der Waals surface area contributed by atoms with Crippen LogP contribution in [-0.2, 0) is 0 Å². The van der Waals surface area contributed by atoms with Crippen molar-refractivity contribution < 1.29 is 0 Å². The Kier molecular flexibility index (Phi) is 6.83. The van der Waals surface area contributed by atoms with E-state index in [9.17, 15) is 0 Å². The van der Waals surface area contributed by atoms with Gasteiger partial charge in [0.25, 0.3) is 0 Å². The monoisotopic (exact) mass is 390 g/mol. The van der Waals surface area contributed by atoms with E-state index in [-0.39, 0.29) is 5.92 Å². The first-order valence-electron chi connectivity index (χ1n) is 11.2. The molecule has 0 bridgehead atoms.